The standard InChI is InChI=1S/C32H46F2N4O5/c1-6-8-38(9-7-2)32(43)24-11-21(5)10-23(15-24)30(41)37-27(14-22-12-25(33)16-26(34)13-22)29(40)18-35-28(19-39)31(42)36-17-20(3)4/h10-13,15-16,20,27-29,35,39-40H,6-9,14,17-19H2,1-5H3,(H,36,42)(H,37,41)/t27-,28+,29+/m0/s1. The smallest absolute Gasteiger partial charge is 0.253 e. The average molecular weight is 605 g/mol. The average Bonchev–Trinajstić information content (AvgIpc) is 2.94. The summed E-state index contributed by atoms with van der Waals surface area (Å²) in [5.41, 5.74) is 1.43. The highest BCUT2D eigenvalue weighted by Crippen LogP contribution is 2.16. The molecule has 43 heavy (non-hydrogen) atoms. The highest BCUT2D eigenvalue weighted by atomic mass is 19.1. The van der Waals surface area contributed by atoms with Gasteiger partial charge < -0.3 is 31.1 Å². The Hall–Kier alpha value is -3.41. The summed E-state index contributed by atoms with van der Waals surface area (Å²) in [7, 11) is 0. The fourth-order valence-corrected chi connectivity index (χ4v) is 4.67. The van der Waals surface area contributed by atoms with Crippen molar-refractivity contribution in [3.05, 3.63) is 70.3 Å². The molecule has 0 unspecified atom stereocenters. The van der Waals surface area contributed by atoms with Crippen LogP contribution in [0.5, 0.6) is 0 Å². The molecule has 3 amide bonds. The largest absolute Gasteiger partial charge is 0.394 e. The number of aliphatic hydroxyl groups excluding tert-OH is 2. The highest BCUT2D eigenvalue weighted by Gasteiger charge is 2.26. The van der Waals surface area contributed by atoms with Crippen LogP contribution >= 0.6 is 0 Å². The van der Waals surface area contributed by atoms with Crippen molar-refractivity contribution < 1.29 is 33.4 Å². The van der Waals surface area contributed by atoms with Crippen LogP contribution in [0.25, 0.3) is 0 Å². The molecule has 0 aliphatic carbocycles. The number of carbonyl (C=O) groups excluding carboxylic acids is 3. The van der Waals surface area contributed by atoms with Crippen molar-refractivity contribution >= 4 is 17.7 Å². The normalized spacial score (nSPS) is 13.3. The van der Waals surface area contributed by atoms with Gasteiger partial charge in [-0.05, 0) is 73.6 Å². The summed E-state index contributed by atoms with van der Waals surface area (Å²) >= 11 is 0. The first-order valence-corrected chi connectivity index (χ1v) is 14.8. The molecule has 0 saturated carbocycles. The number of aliphatic hydroxyl groups is 2. The lowest BCUT2D eigenvalue weighted by atomic mass is 9.99. The maximum absolute atomic E-state index is 14.0. The second kappa shape index (κ2) is 17.6. The molecule has 238 valence electrons. The summed E-state index contributed by atoms with van der Waals surface area (Å²) in [4.78, 5) is 40.9. The number of aryl methyl sites for hydroxylation is 1. The maximum atomic E-state index is 14.0. The second-order valence-corrected chi connectivity index (χ2v) is 11.3. The molecule has 5 N–H and O–H groups in total. The zero-order chi connectivity index (χ0) is 32.1. The summed E-state index contributed by atoms with van der Waals surface area (Å²) in [6.07, 6.45) is 0.119. The summed E-state index contributed by atoms with van der Waals surface area (Å²) in [6, 6.07) is 5.69. The van der Waals surface area contributed by atoms with Gasteiger partial charge in [0.1, 0.15) is 17.7 Å². The summed E-state index contributed by atoms with van der Waals surface area (Å²) in [5, 5.41) is 29.1. The molecule has 0 aliphatic heterocycles. The van der Waals surface area contributed by atoms with Crippen LogP contribution in [-0.4, -0.2) is 83.8 Å². The van der Waals surface area contributed by atoms with E-state index in [2.05, 4.69) is 16.0 Å². The number of halogens is 2. The molecule has 3 atom stereocenters. The van der Waals surface area contributed by atoms with Crippen molar-refractivity contribution in [3.8, 4) is 0 Å². The van der Waals surface area contributed by atoms with Gasteiger partial charge in [-0.2, -0.15) is 0 Å². The molecule has 0 aromatic heterocycles. The van der Waals surface area contributed by atoms with Gasteiger partial charge in [-0.3, -0.25) is 14.4 Å². The van der Waals surface area contributed by atoms with Gasteiger partial charge in [0.2, 0.25) is 5.91 Å². The van der Waals surface area contributed by atoms with Crippen molar-refractivity contribution in [2.24, 2.45) is 5.92 Å². The fourth-order valence-electron chi connectivity index (χ4n) is 4.67. The van der Waals surface area contributed by atoms with Crippen LogP contribution < -0.4 is 16.0 Å². The molecule has 9 nitrogen and oxygen atoms in total. The van der Waals surface area contributed by atoms with Crippen LogP contribution in [0.2, 0.25) is 0 Å². The van der Waals surface area contributed by atoms with E-state index in [-0.39, 0.29) is 35.9 Å². The molecule has 0 bridgehead atoms. The summed E-state index contributed by atoms with van der Waals surface area (Å²) < 4.78 is 27.9. The number of nitrogens with one attached hydrogen (secondary N) is 3. The molecule has 0 aliphatic rings. The molecule has 0 radical (unpaired) electrons. The SMILES string of the molecule is CCCN(CCC)C(=O)c1cc(C)cc(C(=O)N[C@@H](Cc2cc(F)cc(F)c2)[C@H](O)CN[C@H](CO)C(=O)NCC(C)C)c1. The van der Waals surface area contributed by atoms with E-state index in [1.54, 1.807) is 24.0 Å². The van der Waals surface area contributed by atoms with E-state index >= 15 is 0 Å². The number of hydrogen-bond acceptors (Lipinski definition) is 6. The van der Waals surface area contributed by atoms with E-state index in [9.17, 15) is 33.4 Å². The van der Waals surface area contributed by atoms with E-state index in [1.165, 1.54) is 6.07 Å². The molecular weight excluding hydrogens is 558 g/mol. The van der Waals surface area contributed by atoms with Crippen LogP contribution in [0.1, 0.15) is 72.4 Å². The second-order valence-electron chi connectivity index (χ2n) is 11.3. The van der Waals surface area contributed by atoms with Crippen molar-refractivity contribution in [3.63, 3.8) is 0 Å². The van der Waals surface area contributed by atoms with Gasteiger partial charge in [-0.15, -0.1) is 0 Å². The van der Waals surface area contributed by atoms with E-state index in [4.69, 9.17) is 0 Å². The van der Waals surface area contributed by atoms with Gasteiger partial charge in [-0.25, -0.2) is 8.78 Å². The predicted molar refractivity (Wildman–Crippen MR) is 162 cm³/mol. The minimum Gasteiger partial charge on any atom is -0.394 e. The minimum absolute atomic E-state index is 0.134. The Morgan fingerprint density at radius 3 is 2.07 bits per heavy atom. The van der Waals surface area contributed by atoms with Crippen LogP contribution in [0, 0.1) is 24.5 Å². The fraction of sp³-hybridized carbons (Fsp3) is 0.531. The third kappa shape index (κ3) is 11.7. The Bertz CT molecular complexity index is 1200. The number of amides is 3. The molecule has 0 spiro atoms. The van der Waals surface area contributed by atoms with Crippen LogP contribution in [0.4, 0.5) is 8.78 Å². The van der Waals surface area contributed by atoms with Crippen molar-refractivity contribution in [2.45, 2.75) is 72.1 Å². The molecule has 2 aromatic rings. The molecular formula is C32H46F2N4O5. The quantitative estimate of drug-likeness (QED) is 0.189. The zero-order valence-electron chi connectivity index (χ0n) is 25.8. The van der Waals surface area contributed by atoms with Crippen LogP contribution in [0.15, 0.2) is 36.4 Å². The Morgan fingerprint density at radius 2 is 1.51 bits per heavy atom. The lowest BCUT2D eigenvalue weighted by molar-refractivity contribution is -0.124. The van der Waals surface area contributed by atoms with Crippen molar-refractivity contribution in [1.82, 2.24) is 20.9 Å². The van der Waals surface area contributed by atoms with Gasteiger partial charge in [0, 0.05) is 43.4 Å². The van der Waals surface area contributed by atoms with E-state index in [0.29, 0.717) is 30.8 Å². The van der Waals surface area contributed by atoms with E-state index in [1.807, 2.05) is 27.7 Å². The topological polar surface area (TPSA) is 131 Å². The molecule has 0 fully saturated rings. The molecule has 0 saturated heterocycles. The Labute approximate surface area is 253 Å². The van der Waals surface area contributed by atoms with Gasteiger partial charge in [0.25, 0.3) is 11.8 Å². The van der Waals surface area contributed by atoms with Gasteiger partial charge >= 0.3 is 0 Å². The number of carbonyl (C=O) groups is 3. The summed E-state index contributed by atoms with van der Waals surface area (Å²) in [6.45, 7) is 10.4. The van der Waals surface area contributed by atoms with E-state index < -0.39 is 48.2 Å². The maximum Gasteiger partial charge on any atom is 0.253 e. The monoisotopic (exact) mass is 604 g/mol. The Morgan fingerprint density at radius 1 is 0.907 bits per heavy atom. The molecule has 2 rings (SSSR count). The predicted octanol–water partition coefficient (Wildman–Crippen LogP) is 2.96. The van der Waals surface area contributed by atoms with Crippen LogP contribution in [-0.2, 0) is 11.2 Å². The third-order valence-electron chi connectivity index (χ3n) is 6.78. The first-order valence-electron chi connectivity index (χ1n) is 14.8. The van der Waals surface area contributed by atoms with Crippen molar-refractivity contribution in [1.29, 1.82) is 0 Å². The van der Waals surface area contributed by atoms with Crippen molar-refractivity contribution in [2.75, 3.05) is 32.8 Å². The number of benzene rings is 2. The lowest BCUT2D eigenvalue weighted by Crippen LogP contribution is -2.54. The van der Waals surface area contributed by atoms with Gasteiger partial charge in [0.15, 0.2) is 0 Å². The first kappa shape index (κ1) is 35.8. The third-order valence-corrected chi connectivity index (χ3v) is 6.78. The Kier molecular flexibility index (Phi) is 14.7. The minimum atomic E-state index is -1.32. The first-order chi connectivity index (χ1) is 20.4. The molecule has 0 heterocycles. The summed E-state index contributed by atoms with van der Waals surface area (Å²) in [5.74, 6) is -2.65. The molecule has 11 heteroatoms. The van der Waals surface area contributed by atoms with Crippen LogP contribution in [0.3, 0.4) is 0 Å². The molecule has 2 aromatic carbocycles. The van der Waals surface area contributed by atoms with E-state index in [0.717, 1.165) is 31.0 Å². The Balaban J connectivity index is 2.30. The van der Waals surface area contributed by atoms with Gasteiger partial charge in [0.05, 0.1) is 18.8 Å². The zero-order valence-corrected chi connectivity index (χ0v) is 25.8. The number of nitrogens with zero attached hydrogens (tertiary/aromatic N) is 1. The lowest BCUT2D eigenvalue weighted by Gasteiger charge is -2.27. The number of rotatable bonds is 17. The van der Waals surface area contributed by atoms with Gasteiger partial charge in [-0.1, -0.05) is 27.7 Å². The highest BCUT2D eigenvalue weighted by molar-refractivity contribution is 6.00. The number of hydrogen-bond donors (Lipinski definition) is 5.